The monoisotopic (exact) mass is 140 g/mol. The Labute approximate surface area is 63.1 Å². The van der Waals surface area contributed by atoms with Crippen LogP contribution in [0.5, 0.6) is 0 Å². The molecule has 0 bridgehead atoms. The zero-order valence-corrected chi connectivity index (χ0v) is 6.85. The van der Waals surface area contributed by atoms with Crippen LogP contribution in [-0.4, -0.2) is 11.2 Å². The third kappa shape index (κ3) is 2.36. The van der Waals surface area contributed by atoms with E-state index in [2.05, 4.69) is 13.2 Å². The van der Waals surface area contributed by atoms with Gasteiger partial charge in [-0.15, -0.1) is 0 Å². The summed E-state index contributed by atoms with van der Waals surface area (Å²) < 4.78 is 0. The summed E-state index contributed by atoms with van der Waals surface area (Å²) in [6, 6.07) is 0. The summed E-state index contributed by atoms with van der Waals surface area (Å²) in [5.74, 6) is 0. The van der Waals surface area contributed by atoms with Gasteiger partial charge in [-0.05, 0) is 24.0 Å². The fraction of sp³-hybridized carbons (Fsp3) is 0.556. The largest absolute Gasteiger partial charge is 0.384 e. The highest BCUT2D eigenvalue weighted by atomic mass is 16.3. The average Bonchev–Trinajstić information content (AvgIpc) is 2.00. The standard InChI is InChI=1S/C9H16O/c1-5-7(3)9(10)8(4)6-2/h9-10H,3-6H2,1-2H3. The van der Waals surface area contributed by atoms with Crippen LogP contribution in [0.4, 0.5) is 0 Å². The maximum absolute atomic E-state index is 9.39. The number of hydrogen-bond donors (Lipinski definition) is 1. The van der Waals surface area contributed by atoms with Crippen LogP contribution < -0.4 is 0 Å². The molecule has 1 N–H and O–H groups in total. The lowest BCUT2D eigenvalue weighted by molar-refractivity contribution is 0.241. The molecular weight excluding hydrogens is 124 g/mol. The number of rotatable bonds is 4. The third-order valence-corrected chi connectivity index (χ3v) is 1.68. The van der Waals surface area contributed by atoms with E-state index in [0.29, 0.717) is 0 Å². The fourth-order valence-corrected chi connectivity index (χ4v) is 0.675. The molecule has 0 rings (SSSR count). The van der Waals surface area contributed by atoms with Crippen molar-refractivity contribution in [1.29, 1.82) is 0 Å². The van der Waals surface area contributed by atoms with Gasteiger partial charge in [0.15, 0.2) is 0 Å². The Morgan fingerprint density at radius 1 is 1.20 bits per heavy atom. The quantitative estimate of drug-likeness (QED) is 0.594. The molecule has 10 heavy (non-hydrogen) atoms. The molecule has 0 saturated heterocycles. The zero-order valence-electron chi connectivity index (χ0n) is 6.85. The summed E-state index contributed by atoms with van der Waals surface area (Å²) in [4.78, 5) is 0. The average molecular weight is 140 g/mol. The number of aliphatic hydroxyl groups excluding tert-OH is 1. The first-order valence-corrected chi connectivity index (χ1v) is 3.66. The van der Waals surface area contributed by atoms with E-state index in [-0.39, 0.29) is 0 Å². The molecule has 0 radical (unpaired) electrons. The molecule has 0 aliphatic rings. The van der Waals surface area contributed by atoms with Crippen LogP contribution >= 0.6 is 0 Å². The summed E-state index contributed by atoms with van der Waals surface area (Å²) in [6.45, 7) is 11.4. The Bertz CT molecular complexity index is 120. The molecule has 0 amide bonds. The van der Waals surface area contributed by atoms with Gasteiger partial charge in [0.1, 0.15) is 0 Å². The van der Waals surface area contributed by atoms with E-state index in [4.69, 9.17) is 0 Å². The van der Waals surface area contributed by atoms with Crippen LogP contribution in [0.25, 0.3) is 0 Å². The predicted octanol–water partition coefficient (Wildman–Crippen LogP) is 2.28. The zero-order chi connectivity index (χ0) is 8.15. The molecule has 0 atom stereocenters. The second-order valence-electron chi connectivity index (χ2n) is 2.43. The van der Waals surface area contributed by atoms with Crippen molar-refractivity contribution in [2.45, 2.75) is 32.8 Å². The lowest BCUT2D eigenvalue weighted by atomic mass is 10.0. The first-order chi connectivity index (χ1) is 4.63. The lowest BCUT2D eigenvalue weighted by Crippen LogP contribution is -2.10. The van der Waals surface area contributed by atoms with Gasteiger partial charge in [0.2, 0.25) is 0 Å². The van der Waals surface area contributed by atoms with Crippen molar-refractivity contribution in [2.24, 2.45) is 0 Å². The van der Waals surface area contributed by atoms with E-state index in [1.165, 1.54) is 0 Å². The summed E-state index contributed by atoms with van der Waals surface area (Å²) in [6.07, 6.45) is 1.15. The minimum absolute atomic E-state index is 0.491. The van der Waals surface area contributed by atoms with Gasteiger partial charge in [0, 0.05) is 0 Å². The Morgan fingerprint density at radius 2 is 1.50 bits per heavy atom. The van der Waals surface area contributed by atoms with Gasteiger partial charge in [0.05, 0.1) is 6.10 Å². The SMILES string of the molecule is C=C(CC)C(O)C(=C)CC. The minimum Gasteiger partial charge on any atom is -0.384 e. The molecule has 1 nitrogen and oxygen atoms in total. The second kappa shape index (κ2) is 4.29. The summed E-state index contributed by atoms with van der Waals surface area (Å²) in [5.41, 5.74) is 1.71. The molecule has 0 spiro atoms. The summed E-state index contributed by atoms with van der Waals surface area (Å²) >= 11 is 0. The van der Waals surface area contributed by atoms with E-state index in [1.807, 2.05) is 13.8 Å². The summed E-state index contributed by atoms with van der Waals surface area (Å²) in [5, 5.41) is 9.39. The Kier molecular flexibility index (Phi) is 4.05. The third-order valence-electron chi connectivity index (χ3n) is 1.68. The predicted molar refractivity (Wildman–Crippen MR) is 44.9 cm³/mol. The van der Waals surface area contributed by atoms with Crippen LogP contribution in [0.2, 0.25) is 0 Å². The first kappa shape index (κ1) is 9.44. The van der Waals surface area contributed by atoms with Crippen LogP contribution in [0.3, 0.4) is 0 Å². The topological polar surface area (TPSA) is 20.2 Å². The molecule has 1 heteroatoms. The number of aliphatic hydroxyl groups is 1. The lowest BCUT2D eigenvalue weighted by Gasteiger charge is -2.13. The van der Waals surface area contributed by atoms with Gasteiger partial charge in [-0.3, -0.25) is 0 Å². The summed E-state index contributed by atoms with van der Waals surface area (Å²) in [7, 11) is 0. The van der Waals surface area contributed by atoms with Crippen molar-refractivity contribution in [1.82, 2.24) is 0 Å². The minimum atomic E-state index is -0.491. The van der Waals surface area contributed by atoms with Crippen molar-refractivity contribution in [3.8, 4) is 0 Å². The van der Waals surface area contributed by atoms with Crippen molar-refractivity contribution in [3.05, 3.63) is 24.3 Å². The van der Waals surface area contributed by atoms with Gasteiger partial charge in [-0.25, -0.2) is 0 Å². The molecule has 0 heterocycles. The van der Waals surface area contributed by atoms with Gasteiger partial charge < -0.3 is 5.11 Å². The number of hydrogen-bond acceptors (Lipinski definition) is 1. The second-order valence-corrected chi connectivity index (χ2v) is 2.43. The van der Waals surface area contributed by atoms with Crippen LogP contribution in [-0.2, 0) is 0 Å². The van der Waals surface area contributed by atoms with Crippen molar-refractivity contribution in [3.63, 3.8) is 0 Å². The van der Waals surface area contributed by atoms with E-state index in [1.54, 1.807) is 0 Å². The van der Waals surface area contributed by atoms with Crippen LogP contribution in [0.1, 0.15) is 26.7 Å². The first-order valence-electron chi connectivity index (χ1n) is 3.66. The fourth-order valence-electron chi connectivity index (χ4n) is 0.675. The normalized spacial score (nSPS) is 10.0. The molecule has 0 aliphatic heterocycles. The van der Waals surface area contributed by atoms with Gasteiger partial charge in [0.25, 0.3) is 0 Å². The highest BCUT2D eigenvalue weighted by Crippen LogP contribution is 2.13. The van der Waals surface area contributed by atoms with Crippen molar-refractivity contribution in [2.75, 3.05) is 0 Å². The van der Waals surface area contributed by atoms with Gasteiger partial charge in [-0.2, -0.15) is 0 Å². The van der Waals surface area contributed by atoms with E-state index in [0.717, 1.165) is 24.0 Å². The van der Waals surface area contributed by atoms with Gasteiger partial charge >= 0.3 is 0 Å². The van der Waals surface area contributed by atoms with Crippen molar-refractivity contribution >= 4 is 0 Å². The van der Waals surface area contributed by atoms with E-state index in [9.17, 15) is 5.11 Å². The van der Waals surface area contributed by atoms with E-state index >= 15 is 0 Å². The molecule has 0 saturated carbocycles. The molecule has 58 valence electrons. The molecule has 0 unspecified atom stereocenters. The van der Waals surface area contributed by atoms with Crippen LogP contribution in [0.15, 0.2) is 24.3 Å². The maximum atomic E-state index is 9.39. The smallest absolute Gasteiger partial charge is 0.0955 e. The molecule has 0 aromatic rings. The Balaban J connectivity index is 3.94. The molecular formula is C9H16O. The molecule has 0 aromatic carbocycles. The highest BCUT2D eigenvalue weighted by molar-refractivity contribution is 5.17. The molecule has 0 aliphatic carbocycles. The molecule has 0 fully saturated rings. The Hall–Kier alpha value is -0.560. The Morgan fingerprint density at radius 3 is 1.70 bits per heavy atom. The maximum Gasteiger partial charge on any atom is 0.0955 e. The van der Waals surface area contributed by atoms with Gasteiger partial charge in [-0.1, -0.05) is 27.0 Å². The van der Waals surface area contributed by atoms with Crippen LogP contribution in [0, 0.1) is 0 Å². The van der Waals surface area contributed by atoms with Crippen molar-refractivity contribution < 1.29 is 5.11 Å². The van der Waals surface area contributed by atoms with E-state index < -0.39 is 6.10 Å². The molecule has 0 aromatic heterocycles. The highest BCUT2D eigenvalue weighted by Gasteiger charge is 2.08.